The minimum Gasteiger partial charge on any atom is -0.366 e. The zero-order valence-electron chi connectivity index (χ0n) is 13.9. The van der Waals surface area contributed by atoms with Crippen LogP contribution in [-0.4, -0.2) is 16.1 Å². The lowest BCUT2D eigenvalue weighted by Gasteiger charge is -2.29. The van der Waals surface area contributed by atoms with Gasteiger partial charge in [0, 0.05) is 22.9 Å². The van der Waals surface area contributed by atoms with Crippen molar-refractivity contribution in [3.05, 3.63) is 84.5 Å². The maximum atomic E-state index is 11.4. The second-order valence-corrected chi connectivity index (χ2v) is 6.21. The van der Waals surface area contributed by atoms with E-state index >= 15 is 0 Å². The van der Waals surface area contributed by atoms with Crippen molar-refractivity contribution in [2.75, 3.05) is 0 Å². The van der Waals surface area contributed by atoms with Gasteiger partial charge in [-0.3, -0.25) is 9.89 Å². The summed E-state index contributed by atoms with van der Waals surface area (Å²) in [4.78, 5) is 11.4. The Balaban J connectivity index is 1.87. The molecule has 3 rings (SSSR count). The monoisotopic (exact) mass is 333 g/mol. The van der Waals surface area contributed by atoms with Crippen molar-refractivity contribution < 1.29 is 4.79 Å². The molecule has 5 nitrogen and oxygen atoms in total. The summed E-state index contributed by atoms with van der Waals surface area (Å²) < 4.78 is 0. The minimum absolute atomic E-state index is 0.441. The Hall–Kier alpha value is -2.92. The van der Waals surface area contributed by atoms with Gasteiger partial charge in [0.15, 0.2) is 0 Å². The number of nitrogens with two attached hydrogens (primary N) is 2. The van der Waals surface area contributed by atoms with Crippen LogP contribution in [0.15, 0.2) is 60.9 Å². The number of primary amides is 1. The Morgan fingerprint density at radius 3 is 2.52 bits per heavy atom. The molecule has 1 unspecified atom stereocenters. The van der Waals surface area contributed by atoms with Crippen molar-refractivity contribution in [1.82, 2.24) is 10.2 Å². The SMILES string of the molecule is [CH2]CC(N)(Cc1cccc(C(N)=O)c1)c1ccc(-c2cn[nH]c2)cc1. The van der Waals surface area contributed by atoms with E-state index in [9.17, 15) is 4.79 Å². The molecule has 0 aliphatic carbocycles. The van der Waals surface area contributed by atoms with E-state index in [-0.39, 0.29) is 0 Å². The van der Waals surface area contributed by atoms with Crippen LogP contribution in [0, 0.1) is 6.92 Å². The average molecular weight is 333 g/mol. The van der Waals surface area contributed by atoms with E-state index in [4.69, 9.17) is 11.5 Å². The molecule has 1 heterocycles. The number of aromatic nitrogens is 2. The molecule has 5 N–H and O–H groups in total. The molecule has 1 radical (unpaired) electrons. The molecule has 0 aliphatic rings. The fourth-order valence-corrected chi connectivity index (χ4v) is 2.94. The first-order chi connectivity index (χ1) is 12.0. The summed E-state index contributed by atoms with van der Waals surface area (Å²) in [5.41, 5.74) is 15.9. The fraction of sp³-hybridized carbons (Fsp3) is 0.150. The molecule has 0 saturated heterocycles. The van der Waals surface area contributed by atoms with Gasteiger partial charge in [-0.15, -0.1) is 0 Å². The number of carbonyl (C=O) groups is 1. The maximum absolute atomic E-state index is 11.4. The molecule has 0 aliphatic heterocycles. The van der Waals surface area contributed by atoms with Crippen LogP contribution in [0.4, 0.5) is 0 Å². The van der Waals surface area contributed by atoms with Crippen LogP contribution >= 0.6 is 0 Å². The van der Waals surface area contributed by atoms with E-state index < -0.39 is 11.4 Å². The number of amides is 1. The molecule has 5 heteroatoms. The number of hydrogen-bond donors (Lipinski definition) is 3. The molecule has 0 saturated carbocycles. The predicted octanol–water partition coefficient (Wildman–Crippen LogP) is 2.80. The lowest BCUT2D eigenvalue weighted by Crippen LogP contribution is -2.38. The highest BCUT2D eigenvalue weighted by Gasteiger charge is 2.26. The molecule has 0 fully saturated rings. The van der Waals surface area contributed by atoms with E-state index in [0.717, 1.165) is 22.3 Å². The van der Waals surface area contributed by atoms with Crippen molar-refractivity contribution in [2.45, 2.75) is 18.4 Å². The number of rotatable bonds is 6. The van der Waals surface area contributed by atoms with Gasteiger partial charge >= 0.3 is 0 Å². The molecule has 25 heavy (non-hydrogen) atoms. The number of nitrogens with one attached hydrogen (secondary N) is 1. The Morgan fingerprint density at radius 1 is 1.16 bits per heavy atom. The molecular formula is C20H21N4O. The van der Waals surface area contributed by atoms with Gasteiger partial charge in [0.25, 0.3) is 0 Å². The topological polar surface area (TPSA) is 97.8 Å². The fourth-order valence-electron chi connectivity index (χ4n) is 2.94. The van der Waals surface area contributed by atoms with Gasteiger partial charge in [-0.1, -0.05) is 43.3 Å². The third-order valence-electron chi connectivity index (χ3n) is 4.47. The van der Waals surface area contributed by atoms with Gasteiger partial charge < -0.3 is 11.5 Å². The third kappa shape index (κ3) is 3.61. The van der Waals surface area contributed by atoms with Crippen molar-refractivity contribution in [3.8, 4) is 11.1 Å². The molecular weight excluding hydrogens is 312 g/mol. The van der Waals surface area contributed by atoms with Crippen LogP contribution in [0.25, 0.3) is 11.1 Å². The second kappa shape index (κ2) is 6.91. The van der Waals surface area contributed by atoms with Gasteiger partial charge in [-0.25, -0.2) is 0 Å². The van der Waals surface area contributed by atoms with Gasteiger partial charge in [0.05, 0.1) is 6.20 Å². The minimum atomic E-state index is -0.620. The Kier molecular flexibility index (Phi) is 4.67. The molecule has 1 atom stereocenters. The first-order valence-electron chi connectivity index (χ1n) is 8.08. The predicted molar refractivity (Wildman–Crippen MR) is 98.5 cm³/mol. The van der Waals surface area contributed by atoms with Gasteiger partial charge in [0.2, 0.25) is 5.91 Å². The highest BCUT2D eigenvalue weighted by Crippen LogP contribution is 2.29. The largest absolute Gasteiger partial charge is 0.366 e. The summed E-state index contributed by atoms with van der Waals surface area (Å²) in [6.45, 7) is 4.03. The lowest BCUT2D eigenvalue weighted by molar-refractivity contribution is 0.1000. The molecule has 1 amide bonds. The maximum Gasteiger partial charge on any atom is 0.248 e. The van der Waals surface area contributed by atoms with E-state index in [1.807, 2.05) is 42.6 Å². The van der Waals surface area contributed by atoms with Crippen LogP contribution in [-0.2, 0) is 12.0 Å². The van der Waals surface area contributed by atoms with Gasteiger partial charge in [-0.05, 0) is 41.7 Å². The zero-order chi connectivity index (χ0) is 17.9. The quantitative estimate of drug-likeness (QED) is 0.647. The molecule has 3 aromatic rings. The highest BCUT2D eigenvalue weighted by atomic mass is 16.1. The standard InChI is InChI=1S/C20H21N4O/c1-2-20(22,11-14-4-3-5-16(10-14)19(21)25)18-8-6-15(7-9-18)17-12-23-24-13-17/h3-10,12-13H,1-2,11,22H2,(H2,21,25)(H,23,24). The van der Waals surface area contributed by atoms with Gasteiger partial charge in [0.1, 0.15) is 0 Å². The second-order valence-electron chi connectivity index (χ2n) is 6.21. The summed E-state index contributed by atoms with van der Waals surface area (Å²) in [6, 6.07) is 15.4. The smallest absolute Gasteiger partial charge is 0.248 e. The number of aromatic amines is 1. The van der Waals surface area contributed by atoms with Crippen molar-refractivity contribution in [2.24, 2.45) is 11.5 Å². The molecule has 0 spiro atoms. The van der Waals surface area contributed by atoms with E-state index in [1.165, 1.54) is 0 Å². The van der Waals surface area contributed by atoms with Crippen molar-refractivity contribution in [3.63, 3.8) is 0 Å². The number of nitrogens with zero attached hydrogens (tertiary/aromatic N) is 1. The number of H-pyrrole nitrogens is 1. The Bertz CT molecular complexity index is 856. The van der Waals surface area contributed by atoms with Crippen LogP contribution in [0.2, 0.25) is 0 Å². The first kappa shape index (κ1) is 16.9. The van der Waals surface area contributed by atoms with Crippen LogP contribution < -0.4 is 11.5 Å². The summed E-state index contributed by atoms with van der Waals surface area (Å²) in [5.74, 6) is -0.441. The number of benzene rings is 2. The summed E-state index contributed by atoms with van der Waals surface area (Å²) in [6.07, 6.45) is 4.73. The van der Waals surface area contributed by atoms with Crippen LogP contribution in [0.5, 0.6) is 0 Å². The highest BCUT2D eigenvalue weighted by molar-refractivity contribution is 5.92. The summed E-state index contributed by atoms with van der Waals surface area (Å²) in [7, 11) is 0. The van der Waals surface area contributed by atoms with E-state index in [2.05, 4.69) is 17.1 Å². The molecule has 2 aromatic carbocycles. The van der Waals surface area contributed by atoms with Gasteiger partial charge in [-0.2, -0.15) is 5.10 Å². The van der Waals surface area contributed by atoms with Crippen molar-refractivity contribution in [1.29, 1.82) is 0 Å². The van der Waals surface area contributed by atoms with E-state index in [0.29, 0.717) is 18.4 Å². The van der Waals surface area contributed by atoms with Crippen LogP contribution in [0.1, 0.15) is 27.9 Å². The summed E-state index contributed by atoms with van der Waals surface area (Å²) in [5, 5.41) is 6.78. The van der Waals surface area contributed by atoms with Crippen LogP contribution in [0.3, 0.4) is 0 Å². The molecule has 0 bridgehead atoms. The third-order valence-corrected chi connectivity index (χ3v) is 4.47. The Labute approximate surface area is 147 Å². The van der Waals surface area contributed by atoms with E-state index in [1.54, 1.807) is 18.3 Å². The molecule has 1 aromatic heterocycles. The first-order valence-corrected chi connectivity index (χ1v) is 8.08. The summed E-state index contributed by atoms with van der Waals surface area (Å²) >= 11 is 0. The number of hydrogen-bond acceptors (Lipinski definition) is 3. The van der Waals surface area contributed by atoms with Crippen molar-refractivity contribution >= 4 is 5.91 Å². The lowest BCUT2D eigenvalue weighted by atomic mass is 9.82. The Morgan fingerprint density at radius 2 is 1.92 bits per heavy atom. The number of carbonyl (C=O) groups excluding carboxylic acids is 1. The average Bonchev–Trinajstić information content (AvgIpc) is 3.16. The normalized spacial score (nSPS) is 13.4. The molecule has 127 valence electrons. The zero-order valence-corrected chi connectivity index (χ0v) is 13.9.